The monoisotopic (exact) mass is 343 g/mol. The van der Waals surface area contributed by atoms with E-state index in [4.69, 9.17) is 9.84 Å². The highest BCUT2D eigenvalue weighted by Gasteiger charge is 2.12. The van der Waals surface area contributed by atoms with Gasteiger partial charge in [-0.1, -0.05) is 32.0 Å². The Morgan fingerprint density at radius 1 is 1.16 bits per heavy atom. The van der Waals surface area contributed by atoms with Crippen LogP contribution in [0.4, 0.5) is 0 Å². The van der Waals surface area contributed by atoms with Crippen molar-refractivity contribution in [2.75, 3.05) is 6.61 Å². The zero-order valence-corrected chi connectivity index (χ0v) is 14.2. The molecule has 2 rings (SSSR count). The molecule has 2 N–H and O–H groups in total. The van der Waals surface area contributed by atoms with E-state index in [0.29, 0.717) is 12.5 Å². The van der Waals surface area contributed by atoms with Gasteiger partial charge in [-0.25, -0.2) is 14.8 Å². The lowest BCUT2D eigenvalue weighted by atomic mass is 10.1. The molecule has 0 saturated carbocycles. The maximum absolute atomic E-state index is 12.1. The smallest absolute Gasteiger partial charge is 0.356 e. The number of para-hydroxylation sites is 1. The number of nitrogens with one attached hydrogen (secondary N) is 1. The number of carbonyl (C=O) groups excluding carboxylic acids is 1. The third-order valence-electron chi connectivity index (χ3n) is 3.47. The molecule has 1 heterocycles. The fourth-order valence-electron chi connectivity index (χ4n) is 2.02. The van der Waals surface area contributed by atoms with Gasteiger partial charge in [-0.3, -0.25) is 4.79 Å². The summed E-state index contributed by atoms with van der Waals surface area (Å²) in [5, 5.41) is 11.5. The van der Waals surface area contributed by atoms with Crippen molar-refractivity contribution in [3.63, 3.8) is 0 Å². The van der Waals surface area contributed by atoms with Crippen molar-refractivity contribution in [1.82, 2.24) is 15.3 Å². The standard InChI is InChI=1S/C18H21N3O4/c1-12(2)7-8-25-16-6-4-3-5-13(16)9-21-17(22)14-10-20-15(11-19-14)18(23)24/h3-6,10-12H,7-9H2,1-2H3,(H,21,22)(H,23,24). The van der Waals surface area contributed by atoms with Gasteiger partial charge >= 0.3 is 5.97 Å². The molecular formula is C18H21N3O4. The molecule has 2 aromatic rings. The lowest BCUT2D eigenvalue weighted by Gasteiger charge is -2.13. The van der Waals surface area contributed by atoms with Crippen molar-refractivity contribution in [1.29, 1.82) is 0 Å². The zero-order valence-electron chi connectivity index (χ0n) is 14.2. The van der Waals surface area contributed by atoms with Crippen LogP contribution in [0.5, 0.6) is 5.75 Å². The molecule has 0 radical (unpaired) electrons. The molecule has 0 atom stereocenters. The summed E-state index contributed by atoms with van der Waals surface area (Å²) < 4.78 is 5.78. The average molecular weight is 343 g/mol. The molecule has 1 amide bonds. The number of ether oxygens (including phenoxy) is 1. The summed E-state index contributed by atoms with van der Waals surface area (Å²) in [4.78, 5) is 30.4. The van der Waals surface area contributed by atoms with E-state index in [2.05, 4.69) is 29.1 Å². The normalized spacial score (nSPS) is 10.5. The molecule has 0 fully saturated rings. The Labute approximate surface area is 146 Å². The largest absolute Gasteiger partial charge is 0.493 e. The van der Waals surface area contributed by atoms with Gasteiger partial charge < -0.3 is 15.2 Å². The molecule has 7 heteroatoms. The van der Waals surface area contributed by atoms with Crippen LogP contribution in [0.2, 0.25) is 0 Å². The van der Waals surface area contributed by atoms with Crippen LogP contribution in [0.15, 0.2) is 36.7 Å². The van der Waals surface area contributed by atoms with Crippen LogP contribution in [0.1, 0.15) is 46.8 Å². The van der Waals surface area contributed by atoms with E-state index in [1.807, 2.05) is 24.3 Å². The molecule has 1 aromatic heterocycles. The minimum absolute atomic E-state index is 0.0585. The van der Waals surface area contributed by atoms with Gasteiger partial charge in [-0.15, -0.1) is 0 Å². The number of rotatable bonds is 8. The van der Waals surface area contributed by atoms with E-state index in [1.54, 1.807) is 0 Å². The van der Waals surface area contributed by atoms with Gasteiger partial charge in [0.2, 0.25) is 0 Å². The number of benzene rings is 1. The van der Waals surface area contributed by atoms with Crippen LogP contribution in [0, 0.1) is 5.92 Å². The third kappa shape index (κ3) is 5.56. The molecule has 7 nitrogen and oxygen atoms in total. The van der Waals surface area contributed by atoms with Crippen molar-refractivity contribution < 1.29 is 19.4 Å². The molecular weight excluding hydrogens is 322 g/mol. The van der Waals surface area contributed by atoms with Crippen LogP contribution in [-0.4, -0.2) is 33.6 Å². The first-order valence-corrected chi connectivity index (χ1v) is 8.01. The van der Waals surface area contributed by atoms with Crippen LogP contribution in [0.25, 0.3) is 0 Å². The van der Waals surface area contributed by atoms with Crippen LogP contribution in [0.3, 0.4) is 0 Å². The van der Waals surface area contributed by atoms with E-state index in [9.17, 15) is 9.59 Å². The van der Waals surface area contributed by atoms with Gasteiger partial charge in [0, 0.05) is 12.1 Å². The van der Waals surface area contributed by atoms with Crippen molar-refractivity contribution in [2.24, 2.45) is 5.92 Å². The highest BCUT2D eigenvalue weighted by molar-refractivity contribution is 5.92. The van der Waals surface area contributed by atoms with Crippen molar-refractivity contribution in [3.05, 3.63) is 53.6 Å². The molecule has 0 spiro atoms. The fourth-order valence-corrected chi connectivity index (χ4v) is 2.02. The Morgan fingerprint density at radius 3 is 2.48 bits per heavy atom. The third-order valence-corrected chi connectivity index (χ3v) is 3.47. The van der Waals surface area contributed by atoms with Gasteiger partial charge in [-0.05, 0) is 18.4 Å². The Bertz CT molecular complexity index is 729. The van der Waals surface area contributed by atoms with Gasteiger partial charge in [0.15, 0.2) is 5.69 Å². The molecule has 132 valence electrons. The van der Waals surface area contributed by atoms with E-state index in [1.165, 1.54) is 0 Å². The summed E-state index contributed by atoms with van der Waals surface area (Å²) >= 11 is 0. The van der Waals surface area contributed by atoms with Crippen LogP contribution >= 0.6 is 0 Å². The molecule has 0 unspecified atom stereocenters. The first kappa shape index (κ1) is 18.4. The van der Waals surface area contributed by atoms with E-state index in [-0.39, 0.29) is 17.9 Å². The number of aromatic carboxylic acids is 1. The van der Waals surface area contributed by atoms with Gasteiger partial charge in [0.1, 0.15) is 11.4 Å². The van der Waals surface area contributed by atoms with Crippen LogP contribution in [-0.2, 0) is 6.54 Å². The zero-order chi connectivity index (χ0) is 18.2. The summed E-state index contributed by atoms with van der Waals surface area (Å²) in [6.07, 6.45) is 3.15. The average Bonchev–Trinajstić information content (AvgIpc) is 2.60. The molecule has 0 aliphatic heterocycles. The molecule has 0 saturated heterocycles. The lowest BCUT2D eigenvalue weighted by molar-refractivity contribution is 0.0689. The van der Waals surface area contributed by atoms with Crippen molar-refractivity contribution >= 4 is 11.9 Å². The highest BCUT2D eigenvalue weighted by atomic mass is 16.5. The quantitative estimate of drug-likeness (QED) is 0.764. The first-order valence-electron chi connectivity index (χ1n) is 8.01. The minimum Gasteiger partial charge on any atom is -0.493 e. The van der Waals surface area contributed by atoms with E-state index >= 15 is 0 Å². The van der Waals surface area contributed by atoms with Gasteiger partial charge in [-0.2, -0.15) is 0 Å². The molecule has 25 heavy (non-hydrogen) atoms. The number of amides is 1. The number of hydrogen-bond acceptors (Lipinski definition) is 5. The van der Waals surface area contributed by atoms with Crippen LogP contribution < -0.4 is 10.1 Å². The fraction of sp³-hybridized carbons (Fsp3) is 0.333. The summed E-state index contributed by atoms with van der Waals surface area (Å²) in [5.41, 5.74) is 0.707. The summed E-state index contributed by atoms with van der Waals surface area (Å²) in [6.45, 7) is 5.15. The molecule has 0 bridgehead atoms. The number of hydrogen-bond donors (Lipinski definition) is 2. The summed E-state index contributed by atoms with van der Waals surface area (Å²) in [7, 11) is 0. The predicted octanol–water partition coefficient (Wildman–Crippen LogP) is 2.53. The first-order chi connectivity index (χ1) is 12.0. The summed E-state index contributed by atoms with van der Waals surface area (Å²) in [5.74, 6) is -0.330. The Kier molecular flexibility index (Phi) is 6.45. The van der Waals surface area contributed by atoms with E-state index in [0.717, 1.165) is 30.1 Å². The SMILES string of the molecule is CC(C)CCOc1ccccc1CNC(=O)c1cnc(C(=O)O)cn1. The van der Waals surface area contributed by atoms with Crippen molar-refractivity contribution in [3.8, 4) is 5.75 Å². The topological polar surface area (TPSA) is 101 Å². The van der Waals surface area contributed by atoms with Crippen molar-refractivity contribution in [2.45, 2.75) is 26.8 Å². The lowest BCUT2D eigenvalue weighted by Crippen LogP contribution is -2.24. The van der Waals surface area contributed by atoms with Gasteiger partial charge in [0.05, 0.1) is 19.0 Å². The second-order valence-corrected chi connectivity index (χ2v) is 5.91. The number of nitrogens with zero attached hydrogens (tertiary/aromatic N) is 2. The second kappa shape index (κ2) is 8.77. The number of aromatic nitrogens is 2. The minimum atomic E-state index is -1.19. The maximum Gasteiger partial charge on any atom is 0.356 e. The highest BCUT2D eigenvalue weighted by Crippen LogP contribution is 2.18. The maximum atomic E-state index is 12.1. The number of carbonyl (C=O) groups is 2. The Balaban J connectivity index is 1.96. The molecule has 1 aromatic carbocycles. The van der Waals surface area contributed by atoms with Gasteiger partial charge in [0.25, 0.3) is 5.91 Å². The predicted molar refractivity (Wildman–Crippen MR) is 91.6 cm³/mol. The number of carboxylic acids is 1. The second-order valence-electron chi connectivity index (χ2n) is 5.91. The number of carboxylic acid groups (broad SMARTS) is 1. The molecule has 0 aliphatic carbocycles. The summed E-state index contributed by atoms with van der Waals surface area (Å²) in [6, 6.07) is 7.50. The Morgan fingerprint density at radius 2 is 1.84 bits per heavy atom. The van der Waals surface area contributed by atoms with E-state index < -0.39 is 11.9 Å². The molecule has 0 aliphatic rings. The Hall–Kier alpha value is -2.96.